The van der Waals surface area contributed by atoms with Crippen LogP contribution in [0.2, 0.25) is 0 Å². The maximum absolute atomic E-state index is 14.4. The molecule has 2 heterocycles. The highest BCUT2D eigenvalue weighted by Gasteiger charge is 2.34. The molecule has 1 aromatic heterocycles. The van der Waals surface area contributed by atoms with Crippen molar-refractivity contribution in [1.29, 1.82) is 0 Å². The van der Waals surface area contributed by atoms with Crippen LogP contribution in [0.1, 0.15) is 48.4 Å². The van der Waals surface area contributed by atoms with Crippen molar-refractivity contribution in [2.75, 3.05) is 6.54 Å². The predicted octanol–water partition coefficient (Wildman–Crippen LogP) is 2.37. The summed E-state index contributed by atoms with van der Waals surface area (Å²) in [4.78, 5) is 14.1. The van der Waals surface area contributed by atoms with E-state index in [1.165, 1.54) is 0 Å². The monoisotopic (exact) mass is 250 g/mol. The van der Waals surface area contributed by atoms with Crippen LogP contribution in [0.4, 0.5) is 4.39 Å². The lowest BCUT2D eigenvalue weighted by Gasteiger charge is -2.32. The van der Waals surface area contributed by atoms with E-state index in [1.54, 1.807) is 4.90 Å². The van der Waals surface area contributed by atoms with Crippen molar-refractivity contribution in [2.45, 2.75) is 52.1 Å². The van der Waals surface area contributed by atoms with E-state index in [1.807, 2.05) is 18.4 Å². The summed E-state index contributed by atoms with van der Waals surface area (Å²) in [7, 11) is 0. The molecule has 0 unspecified atom stereocenters. The van der Waals surface area contributed by atoms with Crippen LogP contribution in [-0.2, 0) is 19.4 Å². The van der Waals surface area contributed by atoms with Gasteiger partial charge in [-0.3, -0.25) is 4.79 Å². The third-order valence-corrected chi connectivity index (χ3v) is 4.16. The quantitative estimate of drug-likeness (QED) is 0.751. The number of carbonyl (C=O) groups is 1. The Hall–Kier alpha value is -1.32. The molecule has 3 rings (SSSR count). The maximum Gasteiger partial charge on any atom is 0.273 e. The highest BCUT2D eigenvalue weighted by molar-refractivity contribution is 5.94. The average molecular weight is 250 g/mol. The van der Waals surface area contributed by atoms with Crippen LogP contribution in [-0.4, -0.2) is 28.0 Å². The smallest absolute Gasteiger partial charge is 0.273 e. The molecule has 0 aromatic carbocycles. The fraction of sp³-hybridized carbons (Fsp3) is 0.643. The highest BCUT2D eigenvalue weighted by atomic mass is 19.1. The van der Waals surface area contributed by atoms with E-state index >= 15 is 0 Å². The molecule has 98 valence electrons. The van der Waals surface area contributed by atoms with Crippen molar-refractivity contribution in [3.8, 4) is 0 Å². The van der Waals surface area contributed by atoms with Crippen LogP contribution in [0.3, 0.4) is 0 Å². The van der Waals surface area contributed by atoms with Crippen molar-refractivity contribution in [1.82, 2.24) is 9.47 Å². The van der Waals surface area contributed by atoms with Crippen molar-refractivity contribution in [3.05, 3.63) is 22.8 Å². The molecule has 0 atom stereocenters. The molecule has 2 aliphatic rings. The molecule has 18 heavy (non-hydrogen) atoms. The van der Waals surface area contributed by atoms with Gasteiger partial charge in [-0.05, 0) is 39.5 Å². The number of rotatable bonds is 1. The number of amides is 1. The van der Waals surface area contributed by atoms with Gasteiger partial charge in [0.25, 0.3) is 5.91 Å². The van der Waals surface area contributed by atoms with E-state index in [0.29, 0.717) is 12.2 Å². The van der Waals surface area contributed by atoms with Gasteiger partial charge < -0.3 is 9.47 Å². The van der Waals surface area contributed by atoms with Gasteiger partial charge in [0.1, 0.15) is 5.69 Å². The molecule has 0 saturated heterocycles. The topological polar surface area (TPSA) is 25.2 Å². The van der Waals surface area contributed by atoms with Crippen LogP contribution < -0.4 is 0 Å². The number of carbonyl (C=O) groups excluding carboxylic acids is 1. The molecule has 0 spiro atoms. The summed E-state index contributed by atoms with van der Waals surface area (Å²) in [5.41, 5.74) is 2.18. The second-order valence-electron chi connectivity index (χ2n) is 5.54. The van der Waals surface area contributed by atoms with Gasteiger partial charge in [0.2, 0.25) is 0 Å². The number of aromatic nitrogens is 1. The third kappa shape index (κ3) is 1.51. The maximum atomic E-state index is 14.4. The SMILES string of the molecule is CC(C)N1CCn2c3c(c(F)c2C1=O)CCCC3. The first-order chi connectivity index (χ1) is 8.61. The Labute approximate surface area is 107 Å². The summed E-state index contributed by atoms with van der Waals surface area (Å²) in [5, 5.41) is 0. The van der Waals surface area contributed by atoms with E-state index in [0.717, 1.165) is 43.5 Å². The second-order valence-corrected chi connectivity index (χ2v) is 5.54. The lowest BCUT2D eigenvalue weighted by molar-refractivity contribution is 0.0641. The molecule has 4 heteroatoms. The molecule has 0 saturated carbocycles. The molecular formula is C14H19FN2O. The molecule has 1 aliphatic heterocycles. The first-order valence-corrected chi connectivity index (χ1v) is 6.82. The van der Waals surface area contributed by atoms with Gasteiger partial charge in [0, 0.05) is 30.4 Å². The normalized spacial score (nSPS) is 19.1. The van der Waals surface area contributed by atoms with E-state index in [2.05, 4.69) is 0 Å². The molecule has 1 aliphatic carbocycles. The molecule has 0 N–H and O–H groups in total. The van der Waals surface area contributed by atoms with Gasteiger partial charge in [-0.2, -0.15) is 0 Å². The summed E-state index contributed by atoms with van der Waals surface area (Å²) in [5.74, 6) is -0.386. The van der Waals surface area contributed by atoms with Crippen LogP contribution >= 0.6 is 0 Å². The van der Waals surface area contributed by atoms with Gasteiger partial charge in [-0.25, -0.2) is 4.39 Å². The fourth-order valence-electron chi connectivity index (χ4n) is 3.21. The zero-order valence-corrected chi connectivity index (χ0v) is 11.0. The Morgan fingerprint density at radius 1 is 1.17 bits per heavy atom. The molecular weight excluding hydrogens is 231 g/mol. The summed E-state index contributed by atoms with van der Waals surface area (Å²) >= 11 is 0. The second kappa shape index (κ2) is 4.11. The largest absolute Gasteiger partial charge is 0.336 e. The van der Waals surface area contributed by atoms with Crippen LogP contribution in [0.5, 0.6) is 0 Å². The molecule has 0 fully saturated rings. The molecule has 0 radical (unpaired) electrons. The van der Waals surface area contributed by atoms with E-state index in [-0.39, 0.29) is 17.8 Å². The minimum atomic E-state index is -0.250. The molecule has 0 bridgehead atoms. The van der Waals surface area contributed by atoms with Crippen molar-refractivity contribution >= 4 is 5.91 Å². The van der Waals surface area contributed by atoms with Crippen molar-refractivity contribution < 1.29 is 9.18 Å². The zero-order valence-electron chi connectivity index (χ0n) is 11.0. The van der Waals surface area contributed by atoms with Crippen molar-refractivity contribution in [3.63, 3.8) is 0 Å². The molecule has 1 amide bonds. The number of nitrogens with zero attached hydrogens (tertiary/aromatic N) is 2. The zero-order chi connectivity index (χ0) is 12.9. The van der Waals surface area contributed by atoms with Gasteiger partial charge in [-0.15, -0.1) is 0 Å². The lowest BCUT2D eigenvalue weighted by Crippen LogP contribution is -2.44. The number of hydrogen-bond acceptors (Lipinski definition) is 1. The number of halogens is 1. The Morgan fingerprint density at radius 2 is 1.89 bits per heavy atom. The summed E-state index contributed by atoms with van der Waals surface area (Å²) in [6.45, 7) is 5.40. The third-order valence-electron chi connectivity index (χ3n) is 4.16. The minimum absolute atomic E-state index is 0.136. The standard InChI is InChI=1S/C14H19FN2O/c1-9(2)16-7-8-17-11-6-4-3-5-10(11)12(15)13(17)14(16)18/h9H,3-8H2,1-2H3. The summed E-state index contributed by atoms with van der Waals surface area (Å²) in [6, 6.07) is 0.137. The van der Waals surface area contributed by atoms with Crippen LogP contribution in [0.15, 0.2) is 0 Å². The Kier molecular flexibility index (Phi) is 2.68. The Bertz CT molecular complexity index is 504. The number of hydrogen-bond donors (Lipinski definition) is 0. The Morgan fingerprint density at radius 3 is 2.61 bits per heavy atom. The first-order valence-electron chi connectivity index (χ1n) is 6.82. The summed E-state index contributed by atoms with van der Waals surface area (Å²) in [6.07, 6.45) is 3.85. The molecule has 3 nitrogen and oxygen atoms in total. The van der Waals surface area contributed by atoms with Gasteiger partial charge in [0.05, 0.1) is 0 Å². The van der Waals surface area contributed by atoms with Gasteiger partial charge in [0.15, 0.2) is 5.82 Å². The van der Waals surface area contributed by atoms with E-state index in [4.69, 9.17) is 0 Å². The van der Waals surface area contributed by atoms with E-state index < -0.39 is 0 Å². The van der Waals surface area contributed by atoms with Gasteiger partial charge in [-0.1, -0.05) is 0 Å². The average Bonchev–Trinajstić information content (AvgIpc) is 2.65. The predicted molar refractivity (Wildman–Crippen MR) is 67.2 cm³/mol. The lowest BCUT2D eigenvalue weighted by atomic mass is 9.97. The molecule has 1 aromatic rings. The number of fused-ring (bicyclic) bond motifs is 3. The minimum Gasteiger partial charge on any atom is -0.336 e. The van der Waals surface area contributed by atoms with E-state index in [9.17, 15) is 9.18 Å². The van der Waals surface area contributed by atoms with Gasteiger partial charge >= 0.3 is 0 Å². The Balaban J connectivity index is 2.10. The fourth-order valence-corrected chi connectivity index (χ4v) is 3.21. The first kappa shape index (κ1) is 11.8. The van der Waals surface area contributed by atoms with Crippen LogP contribution in [0.25, 0.3) is 0 Å². The highest BCUT2D eigenvalue weighted by Crippen LogP contribution is 2.31. The van der Waals surface area contributed by atoms with Crippen molar-refractivity contribution in [2.24, 2.45) is 0 Å². The summed E-state index contributed by atoms with van der Waals surface area (Å²) < 4.78 is 16.4. The van der Waals surface area contributed by atoms with Crippen LogP contribution in [0, 0.1) is 5.82 Å².